The van der Waals surface area contributed by atoms with E-state index in [4.69, 9.17) is 4.42 Å². The summed E-state index contributed by atoms with van der Waals surface area (Å²) >= 11 is 1.36. The molecule has 1 amide bonds. The summed E-state index contributed by atoms with van der Waals surface area (Å²) in [4.78, 5) is 21.1. The molecule has 1 aliphatic heterocycles. The fraction of sp³-hybridized carbons (Fsp3) is 0.588. The van der Waals surface area contributed by atoms with E-state index < -0.39 is 0 Å². The number of aliphatic hydroxyl groups excluding tert-OH is 1. The van der Waals surface area contributed by atoms with E-state index in [1.807, 2.05) is 17.9 Å². The second kappa shape index (κ2) is 9.20. The van der Waals surface area contributed by atoms with E-state index in [0.29, 0.717) is 30.4 Å². The average molecular weight is 379 g/mol. The van der Waals surface area contributed by atoms with Crippen molar-refractivity contribution in [3.8, 4) is 0 Å². The van der Waals surface area contributed by atoms with Crippen molar-refractivity contribution >= 4 is 17.7 Å². The molecule has 142 valence electrons. The van der Waals surface area contributed by atoms with Crippen LogP contribution in [0.15, 0.2) is 28.2 Å². The minimum Gasteiger partial charge on any atom is -0.472 e. The Bertz CT molecular complexity index is 690. The molecule has 2 N–H and O–H groups in total. The van der Waals surface area contributed by atoms with Gasteiger partial charge in [0.05, 0.1) is 18.3 Å². The van der Waals surface area contributed by atoms with E-state index in [9.17, 15) is 9.90 Å². The van der Waals surface area contributed by atoms with Gasteiger partial charge in [0.15, 0.2) is 0 Å². The molecule has 1 unspecified atom stereocenters. The minimum absolute atomic E-state index is 0.0868. The van der Waals surface area contributed by atoms with Crippen molar-refractivity contribution in [1.29, 1.82) is 0 Å². The SMILES string of the molecule is CCc1nc(SCC(=O)N2CCN(Cc3ccoc3)C(CCO)C2)n[nH]1. The predicted octanol–water partition coefficient (Wildman–Crippen LogP) is 1.15. The van der Waals surface area contributed by atoms with E-state index in [2.05, 4.69) is 20.1 Å². The smallest absolute Gasteiger partial charge is 0.233 e. The highest BCUT2D eigenvalue weighted by atomic mass is 32.2. The number of hydrogen-bond acceptors (Lipinski definition) is 7. The number of hydrogen-bond donors (Lipinski definition) is 2. The van der Waals surface area contributed by atoms with Crippen LogP contribution < -0.4 is 0 Å². The molecule has 1 atom stereocenters. The molecule has 8 nitrogen and oxygen atoms in total. The van der Waals surface area contributed by atoms with Gasteiger partial charge in [-0.05, 0) is 12.5 Å². The summed E-state index contributed by atoms with van der Waals surface area (Å²) in [6.07, 6.45) is 4.85. The number of aliphatic hydroxyl groups is 1. The van der Waals surface area contributed by atoms with E-state index in [0.717, 1.165) is 30.9 Å². The normalized spacial score (nSPS) is 18.4. The van der Waals surface area contributed by atoms with Gasteiger partial charge in [0.2, 0.25) is 11.1 Å². The molecule has 9 heteroatoms. The van der Waals surface area contributed by atoms with Crippen molar-refractivity contribution in [2.45, 2.75) is 37.5 Å². The van der Waals surface area contributed by atoms with Gasteiger partial charge in [-0.3, -0.25) is 14.8 Å². The van der Waals surface area contributed by atoms with Crippen LogP contribution in [0.2, 0.25) is 0 Å². The predicted molar refractivity (Wildman–Crippen MR) is 97.7 cm³/mol. The Hall–Kier alpha value is -1.84. The number of nitrogens with zero attached hydrogens (tertiary/aromatic N) is 4. The molecule has 0 aromatic carbocycles. The number of aromatic amines is 1. The molecular formula is C17H25N5O3S. The van der Waals surface area contributed by atoms with Crippen molar-refractivity contribution in [3.05, 3.63) is 30.0 Å². The Labute approximate surface area is 157 Å². The fourth-order valence-corrected chi connectivity index (χ4v) is 3.81. The van der Waals surface area contributed by atoms with Crippen LogP contribution in [0.3, 0.4) is 0 Å². The summed E-state index contributed by atoms with van der Waals surface area (Å²) in [7, 11) is 0. The first-order chi connectivity index (χ1) is 12.7. The maximum atomic E-state index is 12.6. The van der Waals surface area contributed by atoms with Crippen LogP contribution in [0.1, 0.15) is 24.7 Å². The van der Waals surface area contributed by atoms with Gasteiger partial charge < -0.3 is 14.4 Å². The van der Waals surface area contributed by atoms with E-state index in [1.165, 1.54) is 11.8 Å². The van der Waals surface area contributed by atoms with Gasteiger partial charge in [-0.15, -0.1) is 5.10 Å². The highest BCUT2D eigenvalue weighted by Gasteiger charge is 2.29. The molecular weight excluding hydrogens is 354 g/mol. The fourth-order valence-electron chi connectivity index (χ4n) is 3.09. The molecule has 0 radical (unpaired) electrons. The molecule has 0 spiro atoms. The summed E-state index contributed by atoms with van der Waals surface area (Å²) in [6.45, 7) is 4.99. The van der Waals surface area contributed by atoms with Gasteiger partial charge in [0.25, 0.3) is 0 Å². The maximum Gasteiger partial charge on any atom is 0.233 e. The number of nitrogens with one attached hydrogen (secondary N) is 1. The lowest BCUT2D eigenvalue weighted by Crippen LogP contribution is -2.54. The standard InChI is InChI=1S/C17H25N5O3S/c1-2-15-18-17(20-19-15)26-12-16(24)22-6-5-21(14(10-22)3-7-23)9-13-4-8-25-11-13/h4,8,11,14,23H,2-3,5-7,9-10,12H2,1H3,(H,18,19,20). The third-order valence-corrected chi connectivity index (χ3v) is 5.39. The average Bonchev–Trinajstić information content (AvgIpc) is 3.33. The van der Waals surface area contributed by atoms with Crippen molar-refractivity contribution in [1.82, 2.24) is 25.0 Å². The van der Waals surface area contributed by atoms with Crippen LogP contribution in [0.25, 0.3) is 0 Å². The third kappa shape index (κ3) is 4.87. The second-order valence-electron chi connectivity index (χ2n) is 6.31. The first-order valence-corrected chi connectivity index (χ1v) is 9.86. The van der Waals surface area contributed by atoms with E-state index >= 15 is 0 Å². The van der Waals surface area contributed by atoms with Gasteiger partial charge in [-0.25, -0.2) is 4.98 Å². The Morgan fingerprint density at radius 2 is 2.38 bits per heavy atom. The van der Waals surface area contributed by atoms with Crippen LogP contribution in [-0.4, -0.2) is 74.0 Å². The van der Waals surface area contributed by atoms with Crippen molar-refractivity contribution in [3.63, 3.8) is 0 Å². The summed E-state index contributed by atoms with van der Waals surface area (Å²) < 4.78 is 5.14. The van der Waals surface area contributed by atoms with E-state index in [1.54, 1.807) is 12.5 Å². The molecule has 1 fully saturated rings. The molecule has 0 bridgehead atoms. The van der Waals surface area contributed by atoms with Crippen LogP contribution in [0.4, 0.5) is 0 Å². The number of piperazine rings is 1. The number of amides is 1. The quantitative estimate of drug-likeness (QED) is 0.664. The summed E-state index contributed by atoms with van der Waals surface area (Å²) in [5.74, 6) is 1.24. The molecule has 1 aliphatic rings. The molecule has 0 saturated carbocycles. The molecule has 2 aromatic heterocycles. The summed E-state index contributed by atoms with van der Waals surface area (Å²) in [6, 6.07) is 2.10. The van der Waals surface area contributed by atoms with Crippen molar-refractivity contribution < 1.29 is 14.3 Å². The van der Waals surface area contributed by atoms with Gasteiger partial charge >= 0.3 is 0 Å². The number of carbonyl (C=O) groups excluding carboxylic acids is 1. The lowest BCUT2D eigenvalue weighted by molar-refractivity contribution is -0.131. The number of carbonyl (C=O) groups is 1. The first kappa shape index (κ1) is 18.9. The maximum absolute atomic E-state index is 12.6. The number of aromatic nitrogens is 3. The Balaban J connectivity index is 1.52. The number of aryl methyl sites for hydroxylation is 1. The number of rotatable bonds is 8. The zero-order chi connectivity index (χ0) is 18.4. The molecule has 3 rings (SSSR count). The molecule has 2 aromatic rings. The van der Waals surface area contributed by atoms with Crippen molar-refractivity contribution in [2.24, 2.45) is 0 Å². The van der Waals surface area contributed by atoms with Gasteiger partial charge in [-0.1, -0.05) is 18.7 Å². The van der Waals surface area contributed by atoms with Crippen LogP contribution in [-0.2, 0) is 17.8 Å². The summed E-state index contributed by atoms with van der Waals surface area (Å²) in [5, 5.41) is 17.0. The highest BCUT2D eigenvalue weighted by molar-refractivity contribution is 7.99. The van der Waals surface area contributed by atoms with Gasteiger partial charge in [0.1, 0.15) is 5.82 Å². The molecule has 0 aliphatic carbocycles. The number of thioether (sulfide) groups is 1. The third-order valence-electron chi connectivity index (χ3n) is 4.56. The lowest BCUT2D eigenvalue weighted by Gasteiger charge is -2.41. The van der Waals surface area contributed by atoms with Crippen molar-refractivity contribution in [2.75, 3.05) is 32.0 Å². The monoisotopic (exact) mass is 379 g/mol. The zero-order valence-corrected chi connectivity index (χ0v) is 15.7. The zero-order valence-electron chi connectivity index (χ0n) is 14.9. The lowest BCUT2D eigenvalue weighted by atomic mass is 10.1. The highest BCUT2D eigenvalue weighted by Crippen LogP contribution is 2.19. The van der Waals surface area contributed by atoms with Gasteiger partial charge in [0, 0.05) is 50.8 Å². The molecule has 3 heterocycles. The van der Waals surface area contributed by atoms with Crippen LogP contribution >= 0.6 is 11.8 Å². The Morgan fingerprint density at radius 3 is 3.08 bits per heavy atom. The number of furan rings is 1. The van der Waals surface area contributed by atoms with Crippen LogP contribution in [0.5, 0.6) is 0 Å². The Morgan fingerprint density at radius 1 is 1.50 bits per heavy atom. The van der Waals surface area contributed by atoms with Gasteiger partial charge in [-0.2, -0.15) is 0 Å². The largest absolute Gasteiger partial charge is 0.472 e. The first-order valence-electron chi connectivity index (χ1n) is 8.87. The second-order valence-corrected chi connectivity index (χ2v) is 7.26. The molecule has 1 saturated heterocycles. The molecule has 26 heavy (non-hydrogen) atoms. The topological polar surface area (TPSA) is 98.5 Å². The minimum atomic E-state index is 0.0868. The van der Waals surface area contributed by atoms with E-state index in [-0.39, 0.29) is 18.6 Å². The van der Waals surface area contributed by atoms with Crippen LogP contribution in [0, 0.1) is 0 Å². The Kier molecular flexibility index (Phi) is 6.70. The summed E-state index contributed by atoms with van der Waals surface area (Å²) in [5.41, 5.74) is 1.11. The number of H-pyrrole nitrogens is 1.